The molecular formula is C19H31N3O4S. The Bertz CT molecular complexity index is 749. The maximum atomic E-state index is 12.6. The Morgan fingerprint density at radius 3 is 2.74 bits per heavy atom. The second-order valence-corrected chi connectivity index (χ2v) is 9.42. The first-order chi connectivity index (χ1) is 12.6. The van der Waals surface area contributed by atoms with Gasteiger partial charge in [-0.1, -0.05) is 12.5 Å². The van der Waals surface area contributed by atoms with E-state index in [1.165, 1.54) is 12.1 Å². The molecule has 2 N–H and O–H groups in total. The quantitative estimate of drug-likeness (QED) is 0.696. The molecule has 1 amide bonds. The third-order valence-corrected chi connectivity index (χ3v) is 6.49. The standard InChI is InChI=1S/C19H31N3O4S/c1-19(2,26-4)14-20-18(23)15-8-7-10-17(12-15)27(24,25)21-13-16-9-5-6-11-22(16)3/h7-8,10,12,16,21H,5-6,9,11,13-14H2,1-4H3,(H,20,23). The van der Waals surface area contributed by atoms with E-state index >= 15 is 0 Å². The summed E-state index contributed by atoms with van der Waals surface area (Å²) in [6.45, 7) is 5.41. The minimum Gasteiger partial charge on any atom is -0.377 e. The minimum absolute atomic E-state index is 0.0969. The number of hydrogen-bond donors (Lipinski definition) is 2. The van der Waals surface area contributed by atoms with Crippen molar-refractivity contribution in [2.45, 2.75) is 49.6 Å². The van der Waals surface area contributed by atoms with E-state index in [1.54, 1.807) is 19.2 Å². The summed E-state index contributed by atoms with van der Waals surface area (Å²) in [5.74, 6) is -0.329. The van der Waals surface area contributed by atoms with Crippen molar-refractivity contribution in [1.29, 1.82) is 0 Å². The Labute approximate surface area is 162 Å². The summed E-state index contributed by atoms with van der Waals surface area (Å²) in [5, 5.41) is 2.77. The van der Waals surface area contributed by atoms with E-state index in [0.717, 1.165) is 25.8 Å². The molecule has 1 heterocycles. The van der Waals surface area contributed by atoms with Gasteiger partial charge in [-0.05, 0) is 58.5 Å². The fourth-order valence-electron chi connectivity index (χ4n) is 2.96. The Morgan fingerprint density at radius 2 is 2.07 bits per heavy atom. The van der Waals surface area contributed by atoms with Gasteiger partial charge in [-0.3, -0.25) is 4.79 Å². The lowest BCUT2D eigenvalue weighted by Gasteiger charge is -2.32. The van der Waals surface area contributed by atoms with E-state index in [1.807, 2.05) is 20.9 Å². The van der Waals surface area contributed by atoms with Crippen LogP contribution in [0.3, 0.4) is 0 Å². The highest BCUT2D eigenvalue weighted by molar-refractivity contribution is 7.89. The van der Waals surface area contributed by atoms with Crippen molar-refractivity contribution >= 4 is 15.9 Å². The first-order valence-electron chi connectivity index (χ1n) is 9.28. The smallest absolute Gasteiger partial charge is 0.251 e. The van der Waals surface area contributed by atoms with Crippen LogP contribution in [0.2, 0.25) is 0 Å². The number of methoxy groups -OCH3 is 1. The number of amides is 1. The lowest BCUT2D eigenvalue weighted by atomic mass is 10.0. The van der Waals surface area contributed by atoms with Crippen LogP contribution in [0.4, 0.5) is 0 Å². The van der Waals surface area contributed by atoms with Crippen molar-refractivity contribution in [3.8, 4) is 0 Å². The van der Waals surface area contributed by atoms with E-state index in [0.29, 0.717) is 18.7 Å². The molecule has 152 valence electrons. The molecule has 27 heavy (non-hydrogen) atoms. The highest BCUT2D eigenvalue weighted by Gasteiger charge is 2.23. The molecule has 2 rings (SSSR count). The molecule has 1 atom stereocenters. The summed E-state index contributed by atoms with van der Waals surface area (Å²) >= 11 is 0. The highest BCUT2D eigenvalue weighted by atomic mass is 32.2. The largest absolute Gasteiger partial charge is 0.377 e. The van der Waals surface area contributed by atoms with Crippen molar-refractivity contribution in [3.63, 3.8) is 0 Å². The average molecular weight is 398 g/mol. The number of hydrogen-bond acceptors (Lipinski definition) is 5. The van der Waals surface area contributed by atoms with Crippen LogP contribution in [0, 0.1) is 0 Å². The van der Waals surface area contributed by atoms with Gasteiger partial charge in [0.2, 0.25) is 10.0 Å². The van der Waals surface area contributed by atoms with Gasteiger partial charge in [0.1, 0.15) is 0 Å². The molecule has 1 aromatic rings. The Hall–Kier alpha value is -1.48. The molecule has 1 fully saturated rings. The van der Waals surface area contributed by atoms with Crippen molar-refractivity contribution in [2.75, 3.05) is 33.8 Å². The van der Waals surface area contributed by atoms with E-state index in [4.69, 9.17) is 4.74 Å². The molecule has 1 saturated heterocycles. The minimum atomic E-state index is -3.67. The second kappa shape index (κ2) is 9.14. The molecule has 0 aromatic heterocycles. The van der Waals surface area contributed by atoms with Crippen LogP contribution in [0.25, 0.3) is 0 Å². The molecule has 0 radical (unpaired) electrons. The first kappa shape index (κ1) is 21.8. The summed E-state index contributed by atoms with van der Waals surface area (Å²) < 4.78 is 33.2. The van der Waals surface area contributed by atoms with Crippen LogP contribution < -0.4 is 10.0 Å². The Morgan fingerprint density at radius 1 is 1.33 bits per heavy atom. The van der Waals surface area contributed by atoms with Crippen LogP contribution >= 0.6 is 0 Å². The molecular weight excluding hydrogens is 366 g/mol. The molecule has 1 unspecified atom stereocenters. The number of ether oxygens (including phenoxy) is 1. The summed E-state index contributed by atoms with van der Waals surface area (Å²) in [6.07, 6.45) is 3.25. The SMILES string of the molecule is COC(C)(C)CNC(=O)c1cccc(S(=O)(=O)NCC2CCCCN2C)c1. The number of nitrogens with zero attached hydrogens (tertiary/aromatic N) is 1. The van der Waals surface area contributed by atoms with Crippen molar-refractivity contribution in [2.24, 2.45) is 0 Å². The second-order valence-electron chi connectivity index (χ2n) is 7.66. The zero-order chi connectivity index (χ0) is 20.1. The van der Waals surface area contributed by atoms with Crippen molar-refractivity contribution in [3.05, 3.63) is 29.8 Å². The number of rotatable bonds is 8. The monoisotopic (exact) mass is 397 g/mol. The number of piperidine rings is 1. The fraction of sp³-hybridized carbons (Fsp3) is 0.632. The molecule has 1 aliphatic rings. The van der Waals surface area contributed by atoms with Crippen LogP contribution in [0.1, 0.15) is 43.5 Å². The molecule has 0 saturated carbocycles. The predicted octanol–water partition coefficient (Wildman–Crippen LogP) is 1.60. The molecule has 1 aromatic carbocycles. The van der Waals surface area contributed by atoms with E-state index in [2.05, 4.69) is 14.9 Å². The number of likely N-dealkylation sites (tertiary alicyclic amines) is 1. The van der Waals surface area contributed by atoms with Crippen molar-refractivity contribution in [1.82, 2.24) is 14.9 Å². The molecule has 0 aliphatic carbocycles. The third kappa shape index (κ3) is 6.27. The average Bonchev–Trinajstić information content (AvgIpc) is 2.65. The predicted molar refractivity (Wildman–Crippen MR) is 105 cm³/mol. The zero-order valence-corrected chi connectivity index (χ0v) is 17.4. The van der Waals surface area contributed by atoms with Gasteiger partial charge < -0.3 is 15.0 Å². The van der Waals surface area contributed by atoms with Gasteiger partial charge in [0.25, 0.3) is 5.91 Å². The fourth-order valence-corrected chi connectivity index (χ4v) is 4.08. The molecule has 0 spiro atoms. The summed E-state index contributed by atoms with van der Waals surface area (Å²) in [4.78, 5) is 14.6. The Kier molecular flexibility index (Phi) is 7.39. The molecule has 7 nitrogen and oxygen atoms in total. The van der Waals surface area contributed by atoms with Crippen LogP contribution in [0.5, 0.6) is 0 Å². The number of carbonyl (C=O) groups is 1. The summed E-state index contributed by atoms with van der Waals surface area (Å²) in [5.41, 5.74) is -0.188. The number of sulfonamides is 1. The maximum Gasteiger partial charge on any atom is 0.251 e. The molecule has 0 bridgehead atoms. The summed E-state index contributed by atoms with van der Waals surface area (Å²) in [7, 11) is -0.0719. The first-order valence-corrected chi connectivity index (χ1v) is 10.8. The van der Waals surface area contributed by atoms with Gasteiger partial charge in [-0.25, -0.2) is 13.1 Å². The van der Waals surface area contributed by atoms with Crippen LogP contribution in [0.15, 0.2) is 29.2 Å². The van der Waals surface area contributed by atoms with E-state index in [9.17, 15) is 13.2 Å². The summed E-state index contributed by atoms with van der Waals surface area (Å²) in [6, 6.07) is 6.29. The van der Waals surface area contributed by atoms with Gasteiger partial charge in [0, 0.05) is 31.8 Å². The molecule has 8 heteroatoms. The normalized spacial score (nSPS) is 19.0. The number of likely N-dealkylation sites (N-methyl/N-ethyl adjacent to an activating group) is 1. The number of carbonyl (C=O) groups excluding carboxylic acids is 1. The lowest BCUT2D eigenvalue weighted by Crippen LogP contribution is -2.44. The topological polar surface area (TPSA) is 87.7 Å². The van der Waals surface area contributed by atoms with Gasteiger partial charge in [-0.2, -0.15) is 0 Å². The van der Waals surface area contributed by atoms with Gasteiger partial charge in [0.05, 0.1) is 10.5 Å². The maximum absolute atomic E-state index is 12.6. The zero-order valence-electron chi connectivity index (χ0n) is 16.6. The van der Waals surface area contributed by atoms with Gasteiger partial charge >= 0.3 is 0 Å². The van der Waals surface area contributed by atoms with Gasteiger partial charge in [0.15, 0.2) is 0 Å². The van der Waals surface area contributed by atoms with Crippen LogP contribution in [-0.4, -0.2) is 64.7 Å². The lowest BCUT2D eigenvalue weighted by molar-refractivity contribution is 0.0228. The van der Waals surface area contributed by atoms with E-state index in [-0.39, 0.29) is 16.8 Å². The van der Waals surface area contributed by atoms with Gasteiger partial charge in [-0.15, -0.1) is 0 Å². The van der Waals surface area contributed by atoms with Crippen molar-refractivity contribution < 1.29 is 17.9 Å². The Balaban J connectivity index is 2.03. The van der Waals surface area contributed by atoms with Crippen LogP contribution in [-0.2, 0) is 14.8 Å². The molecule has 1 aliphatic heterocycles. The number of nitrogens with one attached hydrogen (secondary N) is 2. The highest BCUT2D eigenvalue weighted by Crippen LogP contribution is 2.16. The third-order valence-electron chi connectivity index (χ3n) is 5.06. The number of benzene rings is 1. The van der Waals surface area contributed by atoms with E-state index < -0.39 is 15.6 Å².